The molecule has 20 heavy (non-hydrogen) atoms. The van der Waals surface area contributed by atoms with Crippen LogP contribution in [0.2, 0.25) is 0 Å². The molecule has 2 N–H and O–H groups in total. The summed E-state index contributed by atoms with van der Waals surface area (Å²) in [6, 6.07) is 0. The average molecular weight is 296 g/mol. The quantitative estimate of drug-likeness (QED) is 0.811. The van der Waals surface area contributed by atoms with E-state index >= 15 is 0 Å². The second kappa shape index (κ2) is 6.42. The minimum absolute atomic E-state index is 0.209. The molecule has 0 aromatic rings. The summed E-state index contributed by atoms with van der Waals surface area (Å²) in [5.41, 5.74) is 5.39. The van der Waals surface area contributed by atoms with Crippen LogP contribution in [0.5, 0.6) is 0 Å². The van der Waals surface area contributed by atoms with Gasteiger partial charge in [0.05, 0.1) is 10.4 Å². The Bertz CT molecular complexity index is 377. The van der Waals surface area contributed by atoms with Crippen LogP contribution in [0.3, 0.4) is 0 Å². The molecule has 1 saturated heterocycles. The maximum Gasteiger partial charge on any atom is 0.235 e. The monoisotopic (exact) mass is 296 g/mol. The van der Waals surface area contributed by atoms with Crippen molar-refractivity contribution in [2.45, 2.75) is 58.8 Å². The molecule has 0 aromatic heterocycles. The molecular formula is C16H28N2OS. The summed E-state index contributed by atoms with van der Waals surface area (Å²) < 4.78 is 0. The molecule has 2 aliphatic rings. The lowest BCUT2D eigenvalue weighted by atomic mass is 9.61. The predicted octanol–water partition coefficient (Wildman–Crippen LogP) is 3.12. The lowest BCUT2D eigenvalue weighted by Crippen LogP contribution is -2.57. The number of rotatable bonds is 4. The lowest BCUT2D eigenvalue weighted by Gasteiger charge is -2.46. The molecule has 2 fully saturated rings. The van der Waals surface area contributed by atoms with Crippen molar-refractivity contribution >= 4 is 23.1 Å². The largest absolute Gasteiger partial charge is 0.392 e. The third kappa shape index (κ3) is 3.00. The second-order valence-corrected chi connectivity index (χ2v) is 7.28. The smallest absolute Gasteiger partial charge is 0.235 e. The molecule has 1 aliphatic heterocycles. The zero-order chi connectivity index (χ0) is 14.8. The van der Waals surface area contributed by atoms with Crippen LogP contribution >= 0.6 is 12.2 Å². The summed E-state index contributed by atoms with van der Waals surface area (Å²) in [6.07, 6.45) is 7.74. The first kappa shape index (κ1) is 15.7. The molecule has 1 unspecified atom stereocenters. The Kier molecular flexibility index (Phi) is 5.05. The van der Waals surface area contributed by atoms with Gasteiger partial charge in [-0.3, -0.25) is 4.79 Å². The molecule has 0 bridgehead atoms. The Morgan fingerprint density at radius 1 is 1.35 bits per heavy atom. The van der Waals surface area contributed by atoms with Crippen molar-refractivity contribution in [2.75, 3.05) is 13.1 Å². The molecular weight excluding hydrogens is 268 g/mol. The molecule has 0 spiro atoms. The predicted molar refractivity (Wildman–Crippen MR) is 86.4 cm³/mol. The Balaban J connectivity index is 2.00. The average Bonchev–Trinajstić information content (AvgIpc) is 2.59. The van der Waals surface area contributed by atoms with Gasteiger partial charge in [0.2, 0.25) is 5.91 Å². The highest BCUT2D eigenvalue weighted by Crippen LogP contribution is 2.47. The topological polar surface area (TPSA) is 46.3 Å². The van der Waals surface area contributed by atoms with Gasteiger partial charge in [0.15, 0.2) is 0 Å². The first-order chi connectivity index (χ1) is 9.49. The van der Waals surface area contributed by atoms with E-state index in [4.69, 9.17) is 18.0 Å². The van der Waals surface area contributed by atoms with Gasteiger partial charge in [-0.2, -0.15) is 0 Å². The molecule has 4 heteroatoms. The molecule has 3 nitrogen and oxygen atoms in total. The molecule has 1 heterocycles. The van der Waals surface area contributed by atoms with E-state index in [1.165, 1.54) is 19.3 Å². The third-order valence-corrected chi connectivity index (χ3v) is 5.50. The molecule has 1 aliphatic carbocycles. The van der Waals surface area contributed by atoms with E-state index in [-0.39, 0.29) is 5.91 Å². The summed E-state index contributed by atoms with van der Waals surface area (Å²) in [5, 5.41) is 0. The first-order valence-corrected chi connectivity index (χ1v) is 8.49. The summed E-state index contributed by atoms with van der Waals surface area (Å²) in [4.78, 5) is 15.3. The number of hydrogen-bond donors (Lipinski definition) is 1. The van der Waals surface area contributed by atoms with E-state index in [1.807, 2.05) is 4.90 Å². The lowest BCUT2D eigenvalue weighted by molar-refractivity contribution is -0.144. The van der Waals surface area contributed by atoms with E-state index in [1.54, 1.807) is 0 Å². The van der Waals surface area contributed by atoms with Crippen molar-refractivity contribution in [2.24, 2.45) is 23.0 Å². The van der Waals surface area contributed by atoms with E-state index < -0.39 is 5.41 Å². The number of thiocarbonyl (C=S) groups is 1. The van der Waals surface area contributed by atoms with Gasteiger partial charge < -0.3 is 10.6 Å². The molecule has 0 radical (unpaired) electrons. The number of carbonyl (C=O) groups is 1. The normalized spacial score (nSPS) is 34.2. The Labute approximate surface area is 128 Å². The van der Waals surface area contributed by atoms with Crippen LogP contribution in [0, 0.1) is 17.3 Å². The third-order valence-electron chi connectivity index (χ3n) is 5.11. The van der Waals surface area contributed by atoms with E-state index in [0.717, 1.165) is 44.7 Å². The van der Waals surface area contributed by atoms with Crippen molar-refractivity contribution in [3.8, 4) is 0 Å². The van der Waals surface area contributed by atoms with Crippen LogP contribution in [0.25, 0.3) is 0 Å². The highest BCUT2D eigenvalue weighted by Gasteiger charge is 2.52. The minimum Gasteiger partial charge on any atom is -0.392 e. The van der Waals surface area contributed by atoms with Crippen molar-refractivity contribution < 1.29 is 4.79 Å². The van der Waals surface area contributed by atoms with Gasteiger partial charge >= 0.3 is 0 Å². The second-order valence-electron chi connectivity index (χ2n) is 6.84. The zero-order valence-electron chi connectivity index (χ0n) is 12.9. The zero-order valence-corrected chi connectivity index (χ0v) is 13.7. The standard InChI is InChI=1S/C16H28N2OS/c1-3-5-13-6-4-8-18(9-7-13)15(19)16(14(17)20)10-12(2)11-16/h12-13H,3-11H2,1-2H3,(H2,17,20). The van der Waals surface area contributed by atoms with Gasteiger partial charge in [0.1, 0.15) is 0 Å². The van der Waals surface area contributed by atoms with Gasteiger partial charge in [-0.1, -0.05) is 38.9 Å². The van der Waals surface area contributed by atoms with Crippen LogP contribution < -0.4 is 5.73 Å². The Morgan fingerprint density at radius 3 is 2.60 bits per heavy atom. The van der Waals surface area contributed by atoms with Crippen molar-refractivity contribution in [1.82, 2.24) is 4.90 Å². The molecule has 1 saturated carbocycles. The minimum atomic E-state index is -0.515. The Morgan fingerprint density at radius 2 is 2.05 bits per heavy atom. The summed E-state index contributed by atoms with van der Waals surface area (Å²) in [6.45, 7) is 6.19. The maximum absolute atomic E-state index is 12.9. The molecule has 114 valence electrons. The fourth-order valence-electron chi connectivity index (χ4n) is 3.98. The fraction of sp³-hybridized carbons (Fsp3) is 0.875. The molecule has 2 rings (SSSR count). The van der Waals surface area contributed by atoms with Gasteiger partial charge in [0, 0.05) is 13.1 Å². The summed E-state index contributed by atoms with van der Waals surface area (Å²) in [7, 11) is 0. The highest BCUT2D eigenvalue weighted by atomic mass is 32.1. The number of amides is 1. The highest BCUT2D eigenvalue weighted by molar-refractivity contribution is 7.80. The van der Waals surface area contributed by atoms with Gasteiger partial charge in [-0.05, 0) is 43.9 Å². The number of carbonyl (C=O) groups excluding carboxylic acids is 1. The summed E-state index contributed by atoms with van der Waals surface area (Å²) in [5.74, 6) is 1.57. The van der Waals surface area contributed by atoms with E-state index in [9.17, 15) is 4.79 Å². The van der Waals surface area contributed by atoms with Gasteiger partial charge in [-0.15, -0.1) is 0 Å². The van der Waals surface area contributed by atoms with Crippen LogP contribution in [0.15, 0.2) is 0 Å². The number of nitrogens with zero attached hydrogens (tertiary/aromatic N) is 1. The number of likely N-dealkylation sites (tertiary alicyclic amines) is 1. The van der Waals surface area contributed by atoms with Crippen LogP contribution in [0.4, 0.5) is 0 Å². The maximum atomic E-state index is 12.9. The molecule has 1 atom stereocenters. The van der Waals surface area contributed by atoms with E-state index in [0.29, 0.717) is 10.9 Å². The number of hydrogen-bond acceptors (Lipinski definition) is 2. The number of nitrogens with two attached hydrogens (primary N) is 1. The molecule has 1 amide bonds. The summed E-state index contributed by atoms with van der Waals surface area (Å²) >= 11 is 5.21. The molecule has 0 aromatic carbocycles. The van der Waals surface area contributed by atoms with E-state index in [2.05, 4.69) is 13.8 Å². The van der Waals surface area contributed by atoms with Crippen LogP contribution in [-0.4, -0.2) is 28.9 Å². The van der Waals surface area contributed by atoms with Gasteiger partial charge in [-0.25, -0.2) is 0 Å². The van der Waals surface area contributed by atoms with Crippen LogP contribution in [0.1, 0.15) is 58.8 Å². The van der Waals surface area contributed by atoms with Crippen LogP contribution in [-0.2, 0) is 4.79 Å². The van der Waals surface area contributed by atoms with Crippen molar-refractivity contribution in [1.29, 1.82) is 0 Å². The van der Waals surface area contributed by atoms with Crippen molar-refractivity contribution in [3.05, 3.63) is 0 Å². The first-order valence-electron chi connectivity index (χ1n) is 8.09. The SMILES string of the molecule is CCCC1CCCN(C(=O)C2(C(N)=S)CC(C)C2)CC1. The Hall–Kier alpha value is -0.640. The van der Waals surface area contributed by atoms with Gasteiger partial charge in [0.25, 0.3) is 0 Å². The van der Waals surface area contributed by atoms with Crippen molar-refractivity contribution in [3.63, 3.8) is 0 Å². The fourth-order valence-corrected chi connectivity index (χ4v) is 4.23.